The third-order valence-electron chi connectivity index (χ3n) is 4.43. The van der Waals surface area contributed by atoms with Gasteiger partial charge in [0.2, 0.25) is 0 Å². The quantitative estimate of drug-likeness (QED) is 0.647. The Morgan fingerprint density at radius 3 is 2.43 bits per heavy atom. The number of carboxylic acids is 1. The molecule has 3 N–H and O–H groups in total. The fraction of sp³-hybridized carbons (Fsp3) is 0.400. The zero-order valence-electron chi connectivity index (χ0n) is 15.9. The summed E-state index contributed by atoms with van der Waals surface area (Å²) in [6, 6.07) is 6.30. The molecule has 2 aromatic rings. The number of nitrogens with zero attached hydrogens (tertiary/aromatic N) is 2. The fourth-order valence-corrected chi connectivity index (χ4v) is 3.01. The molecule has 1 aliphatic rings. The van der Waals surface area contributed by atoms with E-state index in [1.807, 2.05) is 4.68 Å². The SMILES string of the molecule is CC(C)Cn1ncc(C(=O)Nc2ccc(C(=O)NCC(=O)O)cc2)c1C1CC1. The second-order valence-electron chi connectivity index (χ2n) is 7.40. The number of carbonyl (C=O) groups excluding carboxylic acids is 2. The summed E-state index contributed by atoms with van der Waals surface area (Å²) in [7, 11) is 0. The Kier molecular flexibility index (Phi) is 5.77. The highest BCUT2D eigenvalue weighted by Gasteiger charge is 2.32. The molecule has 1 saturated carbocycles. The molecular weight excluding hydrogens is 360 g/mol. The first kappa shape index (κ1) is 19.6. The molecule has 0 spiro atoms. The summed E-state index contributed by atoms with van der Waals surface area (Å²) in [5.74, 6) is -0.983. The van der Waals surface area contributed by atoms with E-state index in [9.17, 15) is 14.4 Å². The van der Waals surface area contributed by atoms with Crippen molar-refractivity contribution >= 4 is 23.5 Å². The highest BCUT2D eigenvalue weighted by Crippen LogP contribution is 2.42. The number of hydrogen-bond acceptors (Lipinski definition) is 4. The van der Waals surface area contributed by atoms with E-state index in [-0.39, 0.29) is 5.91 Å². The number of carboxylic acid groups (broad SMARTS) is 1. The molecule has 28 heavy (non-hydrogen) atoms. The van der Waals surface area contributed by atoms with Crippen molar-refractivity contribution in [2.24, 2.45) is 5.92 Å². The lowest BCUT2D eigenvalue weighted by Crippen LogP contribution is -2.29. The van der Waals surface area contributed by atoms with Gasteiger partial charge in [-0.2, -0.15) is 5.10 Å². The standard InChI is InChI=1S/C20H24N4O4/c1-12(2)11-24-18(13-3-4-13)16(9-22-24)20(28)23-15-7-5-14(6-8-15)19(27)21-10-17(25)26/h5-9,12-13H,3-4,10-11H2,1-2H3,(H,21,27)(H,23,28)(H,25,26). The molecule has 0 bridgehead atoms. The summed E-state index contributed by atoms with van der Waals surface area (Å²) in [5.41, 5.74) is 2.46. The van der Waals surface area contributed by atoms with Crippen LogP contribution in [0, 0.1) is 5.92 Å². The number of amides is 2. The number of aliphatic carboxylic acids is 1. The highest BCUT2D eigenvalue weighted by atomic mass is 16.4. The lowest BCUT2D eigenvalue weighted by molar-refractivity contribution is -0.135. The lowest BCUT2D eigenvalue weighted by atomic mass is 10.1. The zero-order chi connectivity index (χ0) is 20.3. The predicted molar refractivity (Wildman–Crippen MR) is 103 cm³/mol. The van der Waals surface area contributed by atoms with Gasteiger partial charge in [0.1, 0.15) is 6.54 Å². The van der Waals surface area contributed by atoms with Crippen molar-refractivity contribution in [3.05, 3.63) is 47.3 Å². The molecule has 8 nitrogen and oxygen atoms in total. The Morgan fingerprint density at radius 2 is 1.86 bits per heavy atom. The number of hydrogen-bond donors (Lipinski definition) is 3. The molecule has 1 heterocycles. The van der Waals surface area contributed by atoms with Gasteiger partial charge in [-0.1, -0.05) is 13.8 Å². The molecule has 1 aliphatic carbocycles. The van der Waals surface area contributed by atoms with Gasteiger partial charge in [0, 0.05) is 23.7 Å². The average Bonchev–Trinajstić information content (AvgIpc) is 3.40. The maximum absolute atomic E-state index is 12.8. The van der Waals surface area contributed by atoms with Crippen LogP contribution in [0.5, 0.6) is 0 Å². The largest absolute Gasteiger partial charge is 0.480 e. The van der Waals surface area contributed by atoms with Crippen molar-refractivity contribution in [1.82, 2.24) is 15.1 Å². The Bertz CT molecular complexity index is 882. The number of rotatable bonds is 8. The number of benzene rings is 1. The van der Waals surface area contributed by atoms with E-state index in [1.54, 1.807) is 18.3 Å². The van der Waals surface area contributed by atoms with Crippen LogP contribution in [0.25, 0.3) is 0 Å². The number of carbonyl (C=O) groups is 3. The maximum Gasteiger partial charge on any atom is 0.322 e. The van der Waals surface area contributed by atoms with Crippen molar-refractivity contribution < 1.29 is 19.5 Å². The van der Waals surface area contributed by atoms with Crippen molar-refractivity contribution in [1.29, 1.82) is 0 Å². The summed E-state index contributed by atoms with van der Waals surface area (Å²) in [4.78, 5) is 35.1. The van der Waals surface area contributed by atoms with Crippen LogP contribution in [0.3, 0.4) is 0 Å². The van der Waals surface area contributed by atoms with Gasteiger partial charge in [0.05, 0.1) is 17.5 Å². The summed E-state index contributed by atoms with van der Waals surface area (Å²) in [5, 5.41) is 18.2. The second-order valence-corrected chi connectivity index (χ2v) is 7.40. The lowest BCUT2D eigenvalue weighted by Gasteiger charge is -2.11. The van der Waals surface area contributed by atoms with Gasteiger partial charge in [-0.3, -0.25) is 19.1 Å². The Hall–Kier alpha value is -3.16. The molecule has 8 heteroatoms. The van der Waals surface area contributed by atoms with Gasteiger partial charge < -0.3 is 15.7 Å². The average molecular weight is 384 g/mol. The number of aromatic nitrogens is 2. The monoisotopic (exact) mass is 384 g/mol. The minimum absolute atomic E-state index is 0.222. The van der Waals surface area contributed by atoms with Gasteiger partial charge >= 0.3 is 5.97 Å². The fourth-order valence-electron chi connectivity index (χ4n) is 3.01. The van der Waals surface area contributed by atoms with E-state index >= 15 is 0 Å². The molecule has 1 aromatic carbocycles. The zero-order valence-corrected chi connectivity index (χ0v) is 15.9. The van der Waals surface area contributed by atoms with Gasteiger partial charge in [0.15, 0.2) is 0 Å². The first-order valence-corrected chi connectivity index (χ1v) is 9.32. The molecule has 0 saturated heterocycles. The van der Waals surface area contributed by atoms with Crippen LogP contribution in [-0.2, 0) is 11.3 Å². The van der Waals surface area contributed by atoms with Crippen molar-refractivity contribution in [2.45, 2.75) is 39.2 Å². The first-order chi connectivity index (χ1) is 13.3. The number of nitrogens with one attached hydrogen (secondary N) is 2. The van der Waals surface area contributed by atoms with Crippen molar-refractivity contribution in [2.75, 3.05) is 11.9 Å². The molecule has 2 amide bonds. The second kappa shape index (κ2) is 8.24. The molecule has 1 fully saturated rings. The Labute approximate surface area is 162 Å². The van der Waals surface area contributed by atoms with Crippen LogP contribution in [0.2, 0.25) is 0 Å². The molecule has 1 aromatic heterocycles. The van der Waals surface area contributed by atoms with Crippen LogP contribution < -0.4 is 10.6 Å². The smallest absolute Gasteiger partial charge is 0.322 e. The Morgan fingerprint density at radius 1 is 1.18 bits per heavy atom. The topological polar surface area (TPSA) is 113 Å². The molecule has 0 unspecified atom stereocenters. The van der Waals surface area contributed by atoms with E-state index in [0.29, 0.717) is 28.7 Å². The van der Waals surface area contributed by atoms with Crippen LogP contribution >= 0.6 is 0 Å². The van der Waals surface area contributed by atoms with Gasteiger partial charge in [0.25, 0.3) is 11.8 Å². The van der Waals surface area contributed by atoms with E-state index < -0.39 is 18.4 Å². The van der Waals surface area contributed by atoms with Crippen LogP contribution in [0.15, 0.2) is 30.5 Å². The Balaban J connectivity index is 1.69. The normalized spacial score (nSPS) is 13.4. The molecule has 0 radical (unpaired) electrons. The maximum atomic E-state index is 12.8. The molecular formula is C20H24N4O4. The minimum atomic E-state index is -1.11. The molecule has 148 valence electrons. The van der Waals surface area contributed by atoms with E-state index in [1.165, 1.54) is 12.1 Å². The number of anilines is 1. The van der Waals surface area contributed by atoms with Gasteiger partial charge in [-0.25, -0.2) is 0 Å². The van der Waals surface area contributed by atoms with Crippen molar-refractivity contribution in [3.8, 4) is 0 Å². The summed E-state index contributed by atoms with van der Waals surface area (Å²) < 4.78 is 1.94. The first-order valence-electron chi connectivity index (χ1n) is 9.32. The van der Waals surface area contributed by atoms with Crippen molar-refractivity contribution in [3.63, 3.8) is 0 Å². The molecule has 0 atom stereocenters. The summed E-state index contributed by atoms with van der Waals surface area (Å²) in [6.45, 7) is 4.57. The van der Waals surface area contributed by atoms with E-state index in [2.05, 4.69) is 29.6 Å². The summed E-state index contributed by atoms with van der Waals surface area (Å²) >= 11 is 0. The summed E-state index contributed by atoms with van der Waals surface area (Å²) in [6.07, 6.45) is 3.77. The van der Waals surface area contributed by atoms with Crippen LogP contribution in [-0.4, -0.2) is 39.2 Å². The minimum Gasteiger partial charge on any atom is -0.480 e. The van der Waals surface area contributed by atoms with E-state index in [4.69, 9.17) is 5.11 Å². The third-order valence-corrected chi connectivity index (χ3v) is 4.43. The predicted octanol–water partition coefficient (Wildman–Crippen LogP) is 2.48. The molecule has 3 rings (SSSR count). The third kappa shape index (κ3) is 4.76. The highest BCUT2D eigenvalue weighted by molar-refractivity contribution is 6.05. The van der Waals surface area contributed by atoms with Crippen LogP contribution in [0.1, 0.15) is 59.0 Å². The van der Waals surface area contributed by atoms with E-state index in [0.717, 1.165) is 25.1 Å². The van der Waals surface area contributed by atoms with Crippen LogP contribution in [0.4, 0.5) is 5.69 Å². The van der Waals surface area contributed by atoms with Gasteiger partial charge in [-0.15, -0.1) is 0 Å². The molecule has 0 aliphatic heterocycles. The van der Waals surface area contributed by atoms with Gasteiger partial charge in [-0.05, 0) is 43.0 Å².